The minimum absolute atomic E-state index is 0.0708. The van der Waals surface area contributed by atoms with Crippen LogP contribution in [0.1, 0.15) is 16.7 Å². The third kappa shape index (κ3) is 4.78. The molecule has 0 saturated carbocycles. The molecule has 0 bridgehead atoms. The molecule has 4 amide bonds. The van der Waals surface area contributed by atoms with Crippen LogP contribution in [0.3, 0.4) is 0 Å². The van der Waals surface area contributed by atoms with E-state index in [-0.39, 0.29) is 17.9 Å². The van der Waals surface area contributed by atoms with E-state index < -0.39 is 23.7 Å². The zero-order chi connectivity index (χ0) is 23.5. The largest absolute Gasteiger partial charge is 0.488 e. The normalized spacial score (nSPS) is 15.1. The summed E-state index contributed by atoms with van der Waals surface area (Å²) in [6.45, 7) is 1.80. The number of ether oxygens (including phenoxy) is 1. The van der Waals surface area contributed by atoms with Gasteiger partial charge in [-0.15, -0.1) is 0 Å². The maximum absolute atomic E-state index is 14.0. The average Bonchev–Trinajstić information content (AvgIpc) is 2.78. The first-order valence-corrected chi connectivity index (χ1v) is 10.3. The number of nitrogens with zero attached hydrogens (tertiary/aromatic N) is 1. The second kappa shape index (κ2) is 9.26. The second-order valence-corrected chi connectivity index (χ2v) is 7.79. The number of carbonyl (C=O) groups excluding carboxylic acids is 3. The van der Waals surface area contributed by atoms with Gasteiger partial charge in [0.25, 0.3) is 11.8 Å². The molecule has 166 valence electrons. The van der Waals surface area contributed by atoms with Gasteiger partial charge in [-0.25, -0.2) is 14.1 Å². The van der Waals surface area contributed by atoms with Crippen molar-refractivity contribution in [3.63, 3.8) is 0 Å². The Bertz CT molecular complexity index is 1290. The number of hydrogen-bond donors (Lipinski definition) is 1. The van der Waals surface area contributed by atoms with Crippen molar-refractivity contribution in [3.05, 3.63) is 99.8 Å². The highest BCUT2D eigenvalue weighted by molar-refractivity contribution is 6.39. The summed E-state index contributed by atoms with van der Waals surface area (Å²) in [5.41, 5.74) is 1.67. The van der Waals surface area contributed by atoms with Gasteiger partial charge in [-0.1, -0.05) is 47.5 Å². The van der Waals surface area contributed by atoms with Crippen LogP contribution in [-0.4, -0.2) is 17.8 Å². The summed E-state index contributed by atoms with van der Waals surface area (Å²) in [6, 6.07) is 16.7. The summed E-state index contributed by atoms with van der Waals surface area (Å²) >= 11 is 6.12. The van der Waals surface area contributed by atoms with Gasteiger partial charge in [-0.05, 0) is 49.4 Å². The summed E-state index contributed by atoms with van der Waals surface area (Å²) in [5.74, 6) is -1.75. The fourth-order valence-corrected chi connectivity index (χ4v) is 3.46. The maximum atomic E-state index is 14.0. The number of aryl methyl sites for hydroxylation is 1. The summed E-state index contributed by atoms with van der Waals surface area (Å²) in [5, 5.41) is 2.52. The third-order valence-electron chi connectivity index (χ3n) is 5.01. The van der Waals surface area contributed by atoms with Gasteiger partial charge in [0.15, 0.2) is 0 Å². The van der Waals surface area contributed by atoms with Crippen molar-refractivity contribution in [1.82, 2.24) is 5.32 Å². The number of hydrogen-bond acceptors (Lipinski definition) is 4. The van der Waals surface area contributed by atoms with Crippen LogP contribution in [-0.2, 0) is 16.2 Å². The van der Waals surface area contributed by atoms with Crippen molar-refractivity contribution < 1.29 is 23.5 Å². The molecule has 0 aliphatic carbocycles. The van der Waals surface area contributed by atoms with Crippen molar-refractivity contribution in [2.24, 2.45) is 0 Å². The summed E-state index contributed by atoms with van der Waals surface area (Å²) in [7, 11) is 0. The smallest absolute Gasteiger partial charge is 0.335 e. The Labute approximate surface area is 194 Å². The number of benzene rings is 3. The van der Waals surface area contributed by atoms with E-state index in [2.05, 4.69) is 5.32 Å². The number of carbonyl (C=O) groups is 3. The highest BCUT2D eigenvalue weighted by atomic mass is 35.5. The molecule has 1 N–H and O–H groups in total. The van der Waals surface area contributed by atoms with Gasteiger partial charge in [0, 0.05) is 16.1 Å². The van der Waals surface area contributed by atoms with E-state index >= 15 is 0 Å². The van der Waals surface area contributed by atoms with Crippen molar-refractivity contribution in [2.75, 3.05) is 4.90 Å². The Morgan fingerprint density at radius 2 is 1.76 bits per heavy atom. The lowest BCUT2D eigenvalue weighted by Crippen LogP contribution is -2.54. The van der Waals surface area contributed by atoms with Gasteiger partial charge in [0.05, 0.1) is 5.69 Å². The van der Waals surface area contributed by atoms with Crippen LogP contribution in [0.2, 0.25) is 5.02 Å². The van der Waals surface area contributed by atoms with E-state index in [1.807, 2.05) is 6.92 Å². The lowest BCUT2D eigenvalue weighted by atomic mass is 10.1. The number of rotatable bonds is 5. The molecule has 0 atom stereocenters. The van der Waals surface area contributed by atoms with Gasteiger partial charge in [-0.3, -0.25) is 14.9 Å². The minimum Gasteiger partial charge on any atom is -0.488 e. The second-order valence-electron chi connectivity index (χ2n) is 7.36. The van der Waals surface area contributed by atoms with Crippen molar-refractivity contribution >= 4 is 41.2 Å². The predicted molar refractivity (Wildman–Crippen MR) is 122 cm³/mol. The molecule has 4 rings (SSSR count). The quantitative estimate of drug-likeness (QED) is 0.424. The fraction of sp³-hybridized carbons (Fsp3) is 0.0800. The third-order valence-corrected chi connectivity index (χ3v) is 5.24. The van der Waals surface area contributed by atoms with Gasteiger partial charge >= 0.3 is 6.03 Å². The van der Waals surface area contributed by atoms with Gasteiger partial charge < -0.3 is 4.74 Å². The molecular formula is C25H18ClFN2O4. The van der Waals surface area contributed by atoms with E-state index in [1.165, 1.54) is 18.2 Å². The Morgan fingerprint density at radius 1 is 1.03 bits per heavy atom. The lowest BCUT2D eigenvalue weighted by Gasteiger charge is -2.26. The molecule has 3 aromatic carbocycles. The molecule has 1 saturated heterocycles. The number of imide groups is 2. The number of barbiturate groups is 1. The first-order chi connectivity index (χ1) is 15.8. The maximum Gasteiger partial charge on any atom is 0.335 e. The van der Waals surface area contributed by atoms with Crippen LogP contribution >= 0.6 is 11.6 Å². The van der Waals surface area contributed by atoms with E-state index in [4.69, 9.17) is 16.3 Å². The van der Waals surface area contributed by atoms with Crippen LogP contribution < -0.4 is 15.0 Å². The summed E-state index contributed by atoms with van der Waals surface area (Å²) in [4.78, 5) is 38.9. The monoisotopic (exact) mass is 464 g/mol. The van der Waals surface area contributed by atoms with Gasteiger partial charge in [0.1, 0.15) is 23.7 Å². The molecule has 1 aliphatic rings. The molecule has 8 heteroatoms. The van der Waals surface area contributed by atoms with E-state index in [0.717, 1.165) is 10.5 Å². The Morgan fingerprint density at radius 3 is 2.48 bits per heavy atom. The van der Waals surface area contributed by atoms with Crippen LogP contribution in [0.25, 0.3) is 6.08 Å². The Hall–Kier alpha value is -3.97. The van der Waals surface area contributed by atoms with Crippen LogP contribution in [0.4, 0.5) is 14.9 Å². The minimum atomic E-state index is -0.840. The van der Waals surface area contributed by atoms with Crippen LogP contribution in [0, 0.1) is 12.7 Å². The summed E-state index contributed by atoms with van der Waals surface area (Å²) in [6.07, 6.45) is 1.30. The number of halogens is 2. The van der Waals surface area contributed by atoms with Crippen molar-refractivity contribution in [2.45, 2.75) is 13.5 Å². The number of anilines is 1. The topological polar surface area (TPSA) is 75.7 Å². The molecule has 1 fully saturated rings. The van der Waals surface area contributed by atoms with Gasteiger partial charge in [-0.2, -0.15) is 0 Å². The molecular weight excluding hydrogens is 447 g/mol. The number of urea groups is 1. The first-order valence-electron chi connectivity index (χ1n) is 9.97. The van der Waals surface area contributed by atoms with E-state index in [0.29, 0.717) is 21.8 Å². The zero-order valence-electron chi connectivity index (χ0n) is 17.5. The van der Waals surface area contributed by atoms with Crippen LogP contribution in [0.5, 0.6) is 5.75 Å². The standard InChI is InChI=1S/C25H18ClFN2O4/c1-15-6-9-19(10-7-15)29-24(31)20(23(30)28-25(29)32)13-17-12-18(26)8-11-22(17)33-14-16-4-2-3-5-21(16)27/h2-13H,14H2,1H3,(H,28,30,32)/b20-13+. The molecule has 1 aliphatic heterocycles. The van der Waals surface area contributed by atoms with Crippen LogP contribution in [0.15, 0.2) is 72.3 Å². The highest BCUT2D eigenvalue weighted by Gasteiger charge is 2.37. The molecule has 6 nitrogen and oxygen atoms in total. The molecule has 0 unspecified atom stereocenters. The highest BCUT2D eigenvalue weighted by Crippen LogP contribution is 2.29. The number of amides is 4. The molecule has 0 aromatic heterocycles. The van der Waals surface area contributed by atoms with Crippen molar-refractivity contribution in [3.8, 4) is 5.75 Å². The Kier molecular flexibility index (Phi) is 6.24. The Balaban J connectivity index is 1.68. The lowest BCUT2D eigenvalue weighted by molar-refractivity contribution is -0.122. The van der Waals surface area contributed by atoms with Crippen molar-refractivity contribution in [1.29, 1.82) is 0 Å². The molecule has 0 radical (unpaired) electrons. The zero-order valence-corrected chi connectivity index (χ0v) is 18.2. The molecule has 1 heterocycles. The van der Waals surface area contributed by atoms with E-state index in [1.54, 1.807) is 54.6 Å². The molecule has 0 spiro atoms. The van der Waals surface area contributed by atoms with Gasteiger partial charge in [0.2, 0.25) is 0 Å². The number of nitrogens with one attached hydrogen (secondary N) is 1. The summed E-state index contributed by atoms with van der Waals surface area (Å²) < 4.78 is 19.7. The predicted octanol–water partition coefficient (Wildman–Crippen LogP) is 5.03. The molecule has 3 aromatic rings. The molecule has 33 heavy (non-hydrogen) atoms. The van der Waals surface area contributed by atoms with E-state index in [9.17, 15) is 18.8 Å². The SMILES string of the molecule is Cc1ccc(N2C(=O)NC(=O)/C(=C\c3cc(Cl)ccc3OCc3ccccc3F)C2=O)cc1. The average molecular weight is 465 g/mol. The fourth-order valence-electron chi connectivity index (χ4n) is 3.28. The first kappa shape index (κ1) is 22.2.